The first-order chi connectivity index (χ1) is 49.9. The zero-order chi connectivity index (χ0) is 79.9. The standard InChI is InChI=1S/C66H105N19O19S2/c1-33(2)27-44(61(100)84-51(34(3)4)62(101)83-48(32-106)64(103)104)82-63(102)52(35(5)86)85-57(96)42(17-12-26-74-66(71)72)77-58(97)46(29-37-18-20-38(87)21-19-37)80-56(95)43(22-23-49(88)89)78-54(93)40(15-9-10-24-67)76-60(99)47(30-50(90)91)81-59(98)45(28-36-13-7-6-8-14-36)79-55(94)41(16-11-25-73-65(69)70)75-53(92)39(68)31-105/h6-8,13-14,18-21,33-35,39-48,51-52,86-87,105-106H,9-12,15-17,22-32,67-68H2,1-5H3,(H,75,92)(H,76,99)(H,77,97)(H,78,93)(H,79,94)(H,80,95)(H,81,98)(H,82,102)(H,83,101)(H,84,100)(H,85,96)(H,88,89)(H,90,91)(H,103,104)(H4,69,70,73)(H4,71,72,74)/t35-,39+,40+,41+,42+,43+,44+,45+,46+,47+,48+,51+,52+/m1/s1. The molecule has 0 unspecified atom stereocenters. The summed E-state index contributed by atoms with van der Waals surface area (Å²) in [5, 5.41) is 77.7. The summed E-state index contributed by atoms with van der Waals surface area (Å²) in [6, 6.07) is -5.79. The number of carbonyl (C=O) groups excluding carboxylic acids is 11. The maximum absolute atomic E-state index is 14.8. The van der Waals surface area contributed by atoms with Gasteiger partial charge in [-0.1, -0.05) is 70.2 Å². The number of benzene rings is 2. The molecule has 0 saturated carbocycles. The van der Waals surface area contributed by atoms with Gasteiger partial charge in [-0.05, 0) is 106 Å². The Bertz CT molecular complexity index is 3330. The Morgan fingerprint density at radius 3 is 1.25 bits per heavy atom. The molecule has 590 valence electrons. The lowest BCUT2D eigenvalue weighted by Gasteiger charge is -2.30. The number of guanidine groups is 2. The lowest BCUT2D eigenvalue weighted by atomic mass is 9.99. The van der Waals surface area contributed by atoms with Gasteiger partial charge in [0, 0.05) is 43.9 Å². The van der Waals surface area contributed by atoms with Crippen molar-refractivity contribution in [3.05, 3.63) is 65.7 Å². The molecule has 0 aliphatic heterocycles. The maximum atomic E-state index is 14.8. The number of hydrogen-bond donors (Lipinski definition) is 24. The van der Waals surface area contributed by atoms with Crippen molar-refractivity contribution in [3.8, 4) is 5.75 Å². The minimum Gasteiger partial charge on any atom is -0.508 e. The van der Waals surface area contributed by atoms with E-state index in [0.29, 0.717) is 5.56 Å². The number of nitrogens with two attached hydrogens (primary N) is 6. The van der Waals surface area contributed by atoms with Crippen LogP contribution in [0.1, 0.15) is 116 Å². The number of carbonyl (C=O) groups is 14. The van der Waals surface area contributed by atoms with Crippen LogP contribution in [0.15, 0.2) is 64.6 Å². The van der Waals surface area contributed by atoms with Crippen molar-refractivity contribution in [1.29, 1.82) is 0 Å². The van der Waals surface area contributed by atoms with Crippen LogP contribution < -0.4 is 92.9 Å². The minimum atomic E-state index is -2.00. The second-order valence-electron chi connectivity index (χ2n) is 25.7. The van der Waals surface area contributed by atoms with Crippen LogP contribution in [0.4, 0.5) is 0 Å². The third-order valence-corrected chi connectivity index (χ3v) is 16.7. The van der Waals surface area contributed by atoms with Crippen molar-refractivity contribution >= 4 is 120 Å². The first kappa shape index (κ1) is 92.0. The van der Waals surface area contributed by atoms with E-state index in [4.69, 9.17) is 34.4 Å². The molecule has 0 bridgehead atoms. The van der Waals surface area contributed by atoms with E-state index in [0.717, 1.165) is 6.92 Å². The molecule has 0 aliphatic carbocycles. The summed E-state index contributed by atoms with van der Waals surface area (Å²) in [4.78, 5) is 200. The number of rotatable bonds is 50. The number of aliphatic imine (C=N–C) groups is 2. The molecule has 0 saturated heterocycles. The number of hydrogen-bond acceptors (Lipinski definition) is 22. The first-order valence-corrected chi connectivity index (χ1v) is 35.5. The predicted octanol–water partition coefficient (Wildman–Crippen LogP) is -5.56. The average Bonchev–Trinajstić information content (AvgIpc) is 0.852. The smallest absolute Gasteiger partial charge is 0.327 e. The molecular weight excluding hydrogens is 1430 g/mol. The molecule has 0 heterocycles. The third kappa shape index (κ3) is 35.1. The molecular formula is C66H105N19O19S2. The van der Waals surface area contributed by atoms with Crippen LogP contribution in [0.3, 0.4) is 0 Å². The van der Waals surface area contributed by atoms with Crippen LogP contribution in [-0.2, 0) is 80.0 Å². The number of phenolic OH excluding ortho intramolecular Hbond substituents is 1. The highest BCUT2D eigenvalue weighted by Crippen LogP contribution is 2.16. The van der Waals surface area contributed by atoms with Gasteiger partial charge in [-0.15, -0.1) is 0 Å². The monoisotopic (exact) mass is 1530 g/mol. The maximum Gasteiger partial charge on any atom is 0.327 e. The fraction of sp³-hybridized carbons (Fsp3) is 0.576. The average molecular weight is 1530 g/mol. The summed E-state index contributed by atoms with van der Waals surface area (Å²) in [6.45, 7) is 7.66. The largest absolute Gasteiger partial charge is 0.508 e. The van der Waals surface area contributed by atoms with E-state index in [1.54, 1.807) is 58.0 Å². The Morgan fingerprint density at radius 1 is 0.434 bits per heavy atom. The first-order valence-electron chi connectivity index (χ1n) is 34.2. The number of nitrogens with one attached hydrogen (secondary N) is 11. The summed E-state index contributed by atoms with van der Waals surface area (Å²) in [6.07, 6.45) is -5.35. The van der Waals surface area contributed by atoms with Gasteiger partial charge in [0.1, 0.15) is 72.2 Å². The van der Waals surface area contributed by atoms with Gasteiger partial charge < -0.3 is 118 Å². The molecule has 106 heavy (non-hydrogen) atoms. The number of unbranched alkanes of at least 4 members (excludes halogenated alkanes) is 1. The Labute approximate surface area is 624 Å². The van der Waals surface area contributed by atoms with Gasteiger partial charge in [0.25, 0.3) is 0 Å². The number of nitrogens with zero attached hydrogens (tertiary/aromatic N) is 2. The Hall–Kier alpha value is -10.1. The number of aliphatic hydroxyl groups excluding tert-OH is 1. The second-order valence-corrected chi connectivity index (χ2v) is 26.5. The molecule has 2 aromatic carbocycles. The van der Waals surface area contributed by atoms with E-state index in [-0.39, 0.29) is 118 Å². The molecule has 11 amide bonds. The Morgan fingerprint density at radius 2 is 0.821 bits per heavy atom. The van der Waals surface area contributed by atoms with E-state index in [1.807, 2.05) is 0 Å². The fourth-order valence-corrected chi connectivity index (χ4v) is 10.6. The van der Waals surface area contributed by atoms with Gasteiger partial charge in [0.15, 0.2) is 11.9 Å². The van der Waals surface area contributed by atoms with E-state index in [2.05, 4.69) is 93.7 Å². The van der Waals surface area contributed by atoms with Gasteiger partial charge in [-0.3, -0.25) is 72.3 Å². The van der Waals surface area contributed by atoms with E-state index in [1.165, 1.54) is 24.3 Å². The molecule has 0 radical (unpaired) electrons. The predicted molar refractivity (Wildman–Crippen MR) is 394 cm³/mol. The fourth-order valence-electron chi connectivity index (χ4n) is 10.2. The summed E-state index contributed by atoms with van der Waals surface area (Å²) >= 11 is 8.02. The Balaban J connectivity index is 2.68. The molecule has 0 fully saturated rings. The van der Waals surface area contributed by atoms with Gasteiger partial charge in [-0.2, -0.15) is 25.3 Å². The Kier molecular flexibility index (Phi) is 41.8. The zero-order valence-corrected chi connectivity index (χ0v) is 61.6. The van der Waals surface area contributed by atoms with Gasteiger partial charge in [-0.25, -0.2) is 4.79 Å². The molecule has 0 spiro atoms. The van der Waals surface area contributed by atoms with Crippen LogP contribution in [0.2, 0.25) is 0 Å². The molecule has 13 atom stereocenters. The van der Waals surface area contributed by atoms with Crippen molar-refractivity contribution in [1.82, 2.24) is 58.5 Å². The number of aliphatic hydroxyl groups is 1. The van der Waals surface area contributed by atoms with Gasteiger partial charge in [0.05, 0.1) is 18.6 Å². The molecule has 38 nitrogen and oxygen atoms in total. The highest BCUT2D eigenvalue weighted by atomic mass is 32.1. The lowest BCUT2D eigenvalue weighted by Crippen LogP contribution is -2.62. The quantitative estimate of drug-likeness (QED) is 0.0127. The lowest BCUT2D eigenvalue weighted by molar-refractivity contribution is -0.142. The van der Waals surface area contributed by atoms with Crippen molar-refractivity contribution in [2.75, 3.05) is 31.1 Å². The van der Waals surface area contributed by atoms with Crippen molar-refractivity contribution in [2.45, 2.75) is 197 Å². The van der Waals surface area contributed by atoms with Crippen LogP contribution >= 0.6 is 25.3 Å². The zero-order valence-electron chi connectivity index (χ0n) is 59.8. The normalized spacial score (nSPS) is 14.8. The summed E-state index contributed by atoms with van der Waals surface area (Å²) in [5.41, 5.74) is 34.4. The summed E-state index contributed by atoms with van der Waals surface area (Å²) < 4.78 is 0. The van der Waals surface area contributed by atoms with Crippen LogP contribution in [0.5, 0.6) is 5.75 Å². The van der Waals surface area contributed by atoms with Crippen molar-refractivity contribution in [2.24, 2.45) is 56.2 Å². The number of amides is 11. The van der Waals surface area contributed by atoms with Crippen LogP contribution in [0, 0.1) is 11.8 Å². The van der Waals surface area contributed by atoms with E-state index < -0.39 is 193 Å². The number of carboxylic acids is 3. The van der Waals surface area contributed by atoms with Gasteiger partial charge in [0.2, 0.25) is 65.0 Å². The second kappa shape index (κ2) is 48.1. The highest BCUT2D eigenvalue weighted by Gasteiger charge is 2.39. The molecule has 0 aliphatic rings. The minimum absolute atomic E-state index is 0.0271. The third-order valence-electron chi connectivity index (χ3n) is 15.9. The number of carboxylic acid groups (broad SMARTS) is 3. The van der Waals surface area contributed by atoms with Crippen LogP contribution in [0.25, 0.3) is 0 Å². The van der Waals surface area contributed by atoms with E-state index in [9.17, 15) is 92.7 Å². The number of aromatic hydroxyl groups is 1. The number of phenols is 1. The SMILES string of the molecule is CC(C)C[C@H](NC(=O)[C@@H](NC(=O)[C@H](CCCN=C(N)N)NC(=O)[C@H](Cc1ccc(O)cc1)NC(=O)[C@H](CCC(=O)O)NC(=O)[C@H](CCCCN)NC(=O)[C@H](CC(=O)O)NC(=O)[C@H](Cc1ccccc1)NC(=O)[C@H](CCCN=C(N)N)NC(=O)[C@@H](N)CS)[C@@H](C)O)C(=O)N[C@H](C(=O)N[C@@H](CS)C(=O)O)C(C)C. The molecule has 2 aromatic rings. The summed E-state index contributed by atoms with van der Waals surface area (Å²) in [5.74, 6) is -18.2. The molecule has 28 N–H and O–H groups in total. The molecule has 40 heteroatoms. The highest BCUT2D eigenvalue weighted by molar-refractivity contribution is 7.80. The number of aliphatic carboxylic acids is 3. The summed E-state index contributed by atoms with van der Waals surface area (Å²) in [7, 11) is 0. The van der Waals surface area contributed by atoms with E-state index >= 15 is 0 Å². The van der Waals surface area contributed by atoms with Crippen molar-refractivity contribution < 1.29 is 92.7 Å². The van der Waals surface area contributed by atoms with Crippen molar-refractivity contribution in [3.63, 3.8) is 0 Å². The molecule has 0 aromatic heterocycles. The van der Waals surface area contributed by atoms with Crippen LogP contribution in [-0.4, -0.2) is 230 Å². The topological polar surface area (TPSA) is 653 Å². The number of thiol groups is 2. The molecule has 2 rings (SSSR count). The van der Waals surface area contributed by atoms with Gasteiger partial charge >= 0.3 is 17.9 Å².